The Labute approximate surface area is 173 Å². The number of amides is 1. The summed E-state index contributed by atoms with van der Waals surface area (Å²) in [4.78, 5) is 14.8. The molecule has 1 aliphatic heterocycles. The predicted octanol–water partition coefficient (Wildman–Crippen LogP) is 2.76. The van der Waals surface area contributed by atoms with Crippen LogP contribution in [0.5, 0.6) is 0 Å². The molecule has 0 saturated carbocycles. The van der Waals surface area contributed by atoms with Crippen molar-refractivity contribution in [2.75, 3.05) is 24.4 Å². The molecule has 3 rings (SSSR count). The molecule has 8 heteroatoms. The highest BCUT2D eigenvalue weighted by Crippen LogP contribution is 2.22. The van der Waals surface area contributed by atoms with Gasteiger partial charge in [-0.05, 0) is 50.2 Å². The molecule has 2 atom stereocenters. The molecular formula is C20H26ClN3O3S. The number of nitrogens with one attached hydrogen (secondary N) is 1. The highest BCUT2D eigenvalue weighted by Gasteiger charge is 2.29. The summed E-state index contributed by atoms with van der Waals surface area (Å²) in [7, 11) is -2.16. The van der Waals surface area contributed by atoms with Gasteiger partial charge in [0.25, 0.3) is 15.9 Å². The number of carbonyl (C=O) groups excluding carboxylic acids is 1. The zero-order valence-electron chi connectivity index (χ0n) is 16.2. The van der Waals surface area contributed by atoms with Crippen LogP contribution in [0, 0.1) is 0 Å². The van der Waals surface area contributed by atoms with Crippen LogP contribution < -0.4 is 9.62 Å². The second-order valence-corrected chi connectivity index (χ2v) is 8.78. The number of para-hydroxylation sites is 1. The summed E-state index contributed by atoms with van der Waals surface area (Å²) < 4.78 is 26.9. The minimum absolute atomic E-state index is 0. The van der Waals surface area contributed by atoms with Crippen LogP contribution in [0.3, 0.4) is 0 Å². The third-order valence-corrected chi connectivity index (χ3v) is 6.97. The lowest BCUT2D eigenvalue weighted by atomic mass is 10.1. The molecule has 1 heterocycles. The number of nitrogens with zero attached hydrogens (tertiary/aromatic N) is 2. The predicted molar refractivity (Wildman–Crippen MR) is 114 cm³/mol. The Hall–Kier alpha value is -2.09. The van der Waals surface area contributed by atoms with Crippen LogP contribution in [-0.4, -0.2) is 51.4 Å². The third kappa shape index (κ3) is 4.32. The van der Waals surface area contributed by atoms with E-state index in [4.69, 9.17) is 0 Å². The number of benzene rings is 2. The average molecular weight is 424 g/mol. The average Bonchev–Trinajstić information content (AvgIpc) is 2.69. The van der Waals surface area contributed by atoms with E-state index in [1.807, 2.05) is 17.9 Å². The number of anilines is 1. The van der Waals surface area contributed by atoms with Crippen molar-refractivity contribution in [2.45, 2.75) is 30.8 Å². The number of hydrogen-bond acceptors (Lipinski definition) is 4. The Morgan fingerprint density at radius 3 is 2.29 bits per heavy atom. The Morgan fingerprint density at radius 1 is 1.07 bits per heavy atom. The van der Waals surface area contributed by atoms with Crippen molar-refractivity contribution < 1.29 is 13.2 Å². The van der Waals surface area contributed by atoms with Crippen molar-refractivity contribution in [1.29, 1.82) is 0 Å². The van der Waals surface area contributed by atoms with Gasteiger partial charge in [-0.25, -0.2) is 8.42 Å². The van der Waals surface area contributed by atoms with Gasteiger partial charge in [-0.3, -0.25) is 9.10 Å². The van der Waals surface area contributed by atoms with E-state index in [-0.39, 0.29) is 35.3 Å². The molecule has 28 heavy (non-hydrogen) atoms. The fraction of sp³-hybridized carbons (Fsp3) is 0.350. The number of hydrogen-bond donors (Lipinski definition) is 1. The molecule has 0 spiro atoms. The van der Waals surface area contributed by atoms with Crippen LogP contribution in [0.25, 0.3) is 0 Å². The van der Waals surface area contributed by atoms with Crippen LogP contribution in [-0.2, 0) is 10.0 Å². The minimum atomic E-state index is -3.68. The molecule has 1 aliphatic rings. The first kappa shape index (κ1) is 22.2. The first-order valence-corrected chi connectivity index (χ1v) is 10.4. The lowest BCUT2D eigenvalue weighted by Crippen LogP contribution is -2.57. The Kier molecular flexibility index (Phi) is 7.09. The van der Waals surface area contributed by atoms with Gasteiger partial charge in [0.15, 0.2) is 0 Å². The Bertz CT molecular complexity index is 904. The standard InChI is InChI=1S/C20H25N3O3S.ClH/c1-15-16(2)23(14-13-21-15)20(24)17-9-11-19(12-10-17)27(25,26)22(3)18-7-5-4-6-8-18;/h4-12,15-16,21H,13-14H2,1-3H3;1H. The van der Waals surface area contributed by atoms with E-state index >= 15 is 0 Å². The summed E-state index contributed by atoms with van der Waals surface area (Å²) in [5.41, 5.74) is 1.08. The van der Waals surface area contributed by atoms with Gasteiger partial charge in [-0.2, -0.15) is 0 Å². The zero-order chi connectivity index (χ0) is 19.6. The SMILES string of the molecule is CC1NCCN(C(=O)c2ccc(S(=O)(=O)N(C)c3ccccc3)cc2)C1C.Cl. The summed E-state index contributed by atoms with van der Waals surface area (Å²) in [6.07, 6.45) is 0. The van der Waals surface area contributed by atoms with Crippen molar-refractivity contribution in [1.82, 2.24) is 10.2 Å². The second kappa shape index (κ2) is 8.94. The summed E-state index contributed by atoms with van der Waals surface area (Å²) in [5, 5.41) is 3.35. The van der Waals surface area contributed by atoms with E-state index < -0.39 is 10.0 Å². The molecule has 1 N–H and O–H groups in total. The van der Waals surface area contributed by atoms with Crippen molar-refractivity contribution in [3.05, 3.63) is 60.2 Å². The maximum atomic E-state index is 12.8. The van der Waals surface area contributed by atoms with Gasteiger partial charge in [0.05, 0.1) is 10.6 Å². The quantitative estimate of drug-likeness (QED) is 0.820. The molecule has 1 saturated heterocycles. The highest BCUT2D eigenvalue weighted by molar-refractivity contribution is 7.92. The van der Waals surface area contributed by atoms with Gasteiger partial charge in [0.2, 0.25) is 0 Å². The van der Waals surface area contributed by atoms with E-state index in [2.05, 4.69) is 12.2 Å². The van der Waals surface area contributed by atoms with Crippen molar-refractivity contribution >= 4 is 34.0 Å². The smallest absolute Gasteiger partial charge is 0.264 e. The van der Waals surface area contributed by atoms with Gasteiger partial charge in [0, 0.05) is 37.8 Å². The Morgan fingerprint density at radius 2 is 1.68 bits per heavy atom. The van der Waals surface area contributed by atoms with Crippen LogP contribution in [0.4, 0.5) is 5.69 Å². The number of carbonyl (C=O) groups is 1. The van der Waals surface area contributed by atoms with Crippen molar-refractivity contribution in [3.63, 3.8) is 0 Å². The fourth-order valence-electron chi connectivity index (χ4n) is 3.21. The van der Waals surface area contributed by atoms with E-state index in [9.17, 15) is 13.2 Å². The van der Waals surface area contributed by atoms with E-state index in [0.717, 1.165) is 6.54 Å². The molecule has 6 nitrogen and oxygen atoms in total. The zero-order valence-corrected chi connectivity index (χ0v) is 17.8. The molecule has 152 valence electrons. The molecule has 1 fully saturated rings. The largest absolute Gasteiger partial charge is 0.333 e. The summed E-state index contributed by atoms with van der Waals surface area (Å²) in [5.74, 6) is -0.0730. The summed E-state index contributed by atoms with van der Waals surface area (Å²) in [6, 6.07) is 15.4. The van der Waals surface area contributed by atoms with Gasteiger partial charge in [-0.15, -0.1) is 12.4 Å². The van der Waals surface area contributed by atoms with Crippen LogP contribution >= 0.6 is 12.4 Å². The van der Waals surface area contributed by atoms with E-state index in [1.165, 1.54) is 23.5 Å². The third-order valence-electron chi connectivity index (χ3n) is 5.17. The number of sulfonamides is 1. The summed E-state index contributed by atoms with van der Waals surface area (Å²) >= 11 is 0. The maximum absolute atomic E-state index is 12.8. The molecule has 0 aromatic heterocycles. The van der Waals surface area contributed by atoms with Crippen molar-refractivity contribution in [2.24, 2.45) is 0 Å². The molecule has 2 unspecified atom stereocenters. The van der Waals surface area contributed by atoms with Crippen LogP contribution in [0.15, 0.2) is 59.5 Å². The van der Waals surface area contributed by atoms with Crippen LogP contribution in [0.1, 0.15) is 24.2 Å². The number of piperazine rings is 1. The second-order valence-electron chi connectivity index (χ2n) is 6.81. The Balaban J connectivity index is 0.00000280. The van der Waals surface area contributed by atoms with Crippen LogP contribution in [0.2, 0.25) is 0 Å². The van der Waals surface area contributed by atoms with E-state index in [0.29, 0.717) is 17.8 Å². The normalized spacial score (nSPS) is 19.6. The molecule has 0 aliphatic carbocycles. The molecule has 2 aromatic carbocycles. The number of rotatable bonds is 4. The maximum Gasteiger partial charge on any atom is 0.264 e. The van der Waals surface area contributed by atoms with Gasteiger partial charge in [-0.1, -0.05) is 18.2 Å². The van der Waals surface area contributed by atoms with E-state index in [1.54, 1.807) is 36.4 Å². The van der Waals surface area contributed by atoms with Gasteiger partial charge in [0.1, 0.15) is 0 Å². The lowest BCUT2D eigenvalue weighted by molar-refractivity contribution is 0.0603. The highest BCUT2D eigenvalue weighted by atomic mass is 35.5. The molecule has 2 aromatic rings. The van der Waals surface area contributed by atoms with Gasteiger partial charge < -0.3 is 10.2 Å². The number of halogens is 1. The first-order chi connectivity index (χ1) is 12.8. The molecular weight excluding hydrogens is 398 g/mol. The van der Waals surface area contributed by atoms with Crippen molar-refractivity contribution in [3.8, 4) is 0 Å². The minimum Gasteiger partial charge on any atom is -0.333 e. The lowest BCUT2D eigenvalue weighted by Gasteiger charge is -2.38. The molecule has 0 radical (unpaired) electrons. The molecule has 1 amide bonds. The monoisotopic (exact) mass is 423 g/mol. The fourth-order valence-corrected chi connectivity index (χ4v) is 4.41. The topological polar surface area (TPSA) is 69.7 Å². The van der Waals surface area contributed by atoms with Gasteiger partial charge >= 0.3 is 0 Å². The first-order valence-electron chi connectivity index (χ1n) is 9.01. The summed E-state index contributed by atoms with van der Waals surface area (Å²) in [6.45, 7) is 5.47. The molecule has 0 bridgehead atoms.